The van der Waals surface area contributed by atoms with E-state index >= 15 is 0 Å². The lowest BCUT2D eigenvalue weighted by atomic mass is 10.0. The Hall–Kier alpha value is -1.40. The SMILES string of the molecule is C[C@@H](NC(=O)O)c1ccc(N)cc1C[S+](C)[O-]. The van der Waals surface area contributed by atoms with Gasteiger partial charge in [0.25, 0.3) is 0 Å². The number of hydrogen-bond acceptors (Lipinski definition) is 3. The van der Waals surface area contributed by atoms with Gasteiger partial charge in [-0.3, -0.25) is 0 Å². The topological polar surface area (TPSA) is 98.4 Å². The summed E-state index contributed by atoms with van der Waals surface area (Å²) in [5.74, 6) is 0.367. The van der Waals surface area contributed by atoms with Gasteiger partial charge in [-0.2, -0.15) is 0 Å². The van der Waals surface area contributed by atoms with Crippen molar-refractivity contribution in [3.05, 3.63) is 29.3 Å². The van der Waals surface area contributed by atoms with Crippen LogP contribution in [0.5, 0.6) is 0 Å². The summed E-state index contributed by atoms with van der Waals surface area (Å²) in [7, 11) is 0. The van der Waals surface area contributed by atoms with E-state index < -0.39 is 17.3 Å². The Bertz CT molecular complexity index is 410. The molecule has 1 aromatic carbocycles. The molecule has 17 heavy (non-hydrogen) atoms. The van der Waals surface area contributed by atoms with Crippen LogP contribution in [-0.2, 0) is 16.9 Å². The first kappa shape index (κ1) is 13.7. The molecule has 0 heterocycles. The van der Waals surface area contributed by atoms with E-state index in [2.05, 4.69) is 5.32 Å². The molecule has 0 radical (unpaired) electrons. The highest BCUT2D eigenvalue weighted by atomic mass is 32.2. The van der Waals surface area contributed by atoms with E-state index in [1.165, 1.54) is 0 Å². The molecule has 94 valence electrons. The Kier molecular flexibility index (Phi) is 4.65. The summed E-state index contributed by atoms with van der Waals surface area (Å²) in [6.07, 6.45) is 0.514. The highest BCUT2D eigenvalue weighted by molar-refractivity contribution is 7.89. The zero-order valence-corrected chi connectivity index (χ0v) is 10.6. The van der Waals surface area contributed by atoms with E-state index in [1.807, 2.05) is 0 Å². The number of benzene rings is 1. The van der Waals surface area contributed by atoms with Crippen LogP contribution in [0.1, 0.15) is 24.1 Å². The van der Waals surface area contributed by atoms with Crippen molar-refractivity contribution in [3.63, 3.8) is 0 Å². The normalized spacial score (nSPS) is 14.1. The summed E-state index contributed by atoms with van der Waals surface area (Å²) < 4.78 is 11.3. The molecule has 2 atom stereocenters. The molecule has 0 spiro atoms. The highest BCUT2D eigenvalue weighted by Crippen LogP contribution is 2.22. The molecule has 0 aliphatic heterocycles. The summed E-state index contributed by atoms with van der Waals surface area (Å²) >= 11 is -0.995. The van der Waals surface area contributed by atoms with Gasteiger partial charge in [0.05, 0.1) is 12.3 Å². The van der Waals surface area contributed by atoms with Crippen LogP contribution in [0.2, 0.25) is 0 Å². The van der Waals surface area contributed by atoms with Crippen molar-refractivity contribution in [2.24, 2.45) is 0 Å². The summed E-state index contributed by atoms with van der Waals surface area (Å²) in [6, 6.07) is 4.85. The van der Waals surface area contributed by atoms with Crippen LogP contribution in [0.4, 0.5) is 10.5 Å². The molecule has 6 heteroatoms. The Balaban J connectivity index is 3.00. The average Bonchev–Trinajstić information content (AvgIpc) is 2.15. The highest BCUT2D eigenvalue weighted by Gasteiger charge is 2.15. The van der Waals surface area contributed by atoms with Crippen LogP contribution in [0.15, 0.2) is 18.2 Å². The summed E-state index contributed by atoms with van der Waals surface area (Å²) in [5, 5.41) is 11.0. The van der Waals surface area contributed by atoms with Crippen molar-refractivity contribution in [2.45, 2.75) is 18.7 Å². The number of nitrogens with two attached hydrogens (primary N) is 1. The number of rotatable bonds is 4. The summed E-state index contributed by atoms with van der Waals surface area (Å²) in [5.41, 5.74) is 7.86. The second kappa shape index (κ2) is 5.79. The molecule has 5 nitrogen and oxygen atoms in total. The van der Waals surface area contributed by atoms with Gasteiger partial charge in [-0.25, -0.2) is 4.79 Å². The Morgan fingerprint density at radius 3 is 2.82 bits per heavy atom. The van der Waals surface area contributed by atoms with Crippen molar-refractivity contribution in [1.82, 2.24) is 5.32 Å². The number of carboxylic acid groups (broad SMARTS) is 1. The molecule has 0 aliphatic rings. The van der Waals surface area contributed by atoms with Crippen molar-refractivity contribution in [2.75, 3.05) is 12.0 Å². The molecule has 0 fully saturated rings. The minimum absolute atomic E-state index is 0.355. The smallest absolute Gasteiger partial charge is 0.405 e. The van der Waals surface area contributed by atoms with Gasteiger partial charge >= 0.3 is 6.09 Å². The predicted molar refractivity (Wildman–Crippen MR) is 68.2 cm³/mol. The quantitative estimate of drug-likeness (QED) is 0.561. The van der Waals surface area contributed by atoms with Crippen molar-refractivity contribution in [3.8, 4) is 0 Å². The van der Waals surface area contributed by atoms with Gasteiger partial charge in [0.2, 0.25) is 0 Å². The lowest BCUT2D eigenvalue weighted by Gasteiger charge is -2.17. The molecular weight excluding hydrogens is 240 g/mol. The molecule has 0 aliphatic carbocycles. The lowest BCUT2D eigenvalue weighted by molar-refractivity contribution is 0.191. The fraction of sp³-hybridized carbons (Fsp3) is 0.364. The number of amides is 1. The zero-order valence-electron chi connectivity index (χ0n) is 9.77. The number of anilines is 1. The van der Waals surface area contributed by atoms with Crippen LogP contribution in [-0.4, -0.2) is 22.0 Å². The van der Waals surface area contributed by atoms with Gasteiger partial charge in [0.1, 0.15) is 5.75 Å². The third kappa shape index (κ3) is 4.16. The number of nitrogens with one attached hydrogen (secondary N) is 1. The van der Waals surface area contributed by atoms with Crippen LogP contribution in [0.25, 0.3) is 0 Å². The van der Waals surface area contributed by atoms with Crippen molar-refractivity contribution < 1.29 is 14.5 Å². The minimum Gasteiger partial charge on any atom is -0.616 e. The molecule has 0 aromatic heterocycles. The fourth-order valence-electron chi connectivity index (χ4n) is 1.66. The Morgan fingerprint density at radius 2 is 2.29 bits per heavy atom. The number of carbonyl (C=O) groups is 1. The molecule has 1 amide bonds. The average molecular weight is 256 g/mol. The van der Waals surface area contributed by atoms with E-state index in [4.69, 9.17) is 10.8 Å². The second-order valence-electron chi connectivity index (χ2n) is 3.85. The third-order valence-electron chi connectivity index (χ3n) is 2.33. The monoisotopic (exact) mass is 256 g/mol. The maximum Gasteiger partial charge on any atom is 0.405 e. The van der Waals surface area contributed by atoms with Gasteiger partial charge in [-0.15, -0.1) is 0 Å². The van der Waals surface area contributed by atoms with Crippen LogP contribution < -0.4 is 11.1 Å². The lowest BCUT2D eigenvalue weighted by Crippen LogP contribution is -2.25. The molecule has 0 saturated carbocycles. The molecule has 1 aromatic rings. The standard InChI is InChI=1S/C11H16N2O3S/c1-7(13-11(14)15)10-4-3-9(12)5-8(10)6-17(2)16/h3-5,7,13H,6,12H2,1-2H3,(H,14,15)/t7-,17?/m1/s1. The number of nitrogen functional groups attached to an aromatic ring is 1. The van der Waals surface area contributed by atoms with Gasteiger partial charge in [-0.1, -0.05) is 17.2 Å². The van der Waals surface area contributed by atoms with E-state index in [0.29, 0.717) is 11.4 Å². The summed E-state index contributed by atoms with van der Waals surface area (Å²) in [6.45, 7) is 1.74. The van der Waals surface area contributed by atoms with Crippen LogP contribution in [0, 0.1) is 0 Å². The molecule has 1 unspecified atom stereocenters. The molecule has 1 rings (SSSR count). The van der Waals surface area contributed by atoms with Crippen molar-refractivity contribution in [1.29, 1.82) is 0 Å². The molecule has 4 N–H and O–H groups in total. The van der Waals surface area contributed by atoms with E-state index in [1.54, 1.807) is 31.4 Å². The van der Waals surface area contributed by atoms with E-state index in [9.17, 15) is 9.35 Å². The first-order valence-electron chi connectivity index (χ1n) is 5.08. The van der Waals surface area contributed by atoms with E-state index in [0.717, 1.165) is 11.1 Å². The van der Waals surface area contributed by atoms with Gasteiger partial charge in [0.15, 0.2) is 0 Å². The van der Waals surface area contributed by atoms with E-state index in [-0.39, 0.29) is 6.04 Å². The van der Waals surface area contributed by atoms with Gasteiger partial charge in [0, 0.05) is 11.3 Å². The fourth-order valence-corrected chi connectivity index (χ4v) is 2.34. The minimum atomic E-state index is -1.09. The van der Waals surface area contributed by atoms with Crippen LogP contribution >= 0.6 is 0 Å². The Labute approximate surface area is 103 Å². The first-order chi connectivity index (χ1) is 7.90. The third-order valence-corrected chi connectivity index (χ3v) is 3.05. The second-order valence-corrected chi connectivity index (χ2v) is 5.28. The zero-order chi connectivity index (χ0) is 13.0. The van der Waals surface area contributed by atoms with Gasteiger partial charge in [-0.05, 0) is 24.6 Å². The molecule has 0 saturated heterocycles. The Morgan fingerprint density at radius 1 is 1.65 bits per heavy atom. The van der Waals surface area contributed by atoms with Gasteiger partial charge < -0.3 is 20.7 Å². The maximum absolute atomic E-state index is 11.3. The van der Waals surface area contributed by atoms with Crippen LogP contribution in [0.3, 0.4) is 0 Å². The number of hydrogen-bond donors (Lipinski definition) is 3. The summed E-state index contributed by atoms with van der Waals surface area (Å²) in [4.78, 5) is 10.6. The largest absolute Gasteiger partial charge is 0.616 e. The molecular formula is C11H16N2O3S. The maximum atomic E-state index is 11.3. The van der Waals surface area contributed by atoms with Crippen molar-refractivity contribution >= 4 is 23.0 Å². The molecule has 0 bridgehead atoms. The first-order valence-corrected chi connectivity index (χ1v) is 6.80. The predicted octanol–water partition coefficient (Wildman–Crippen LogP) is 1.48.